The zero-order valence-electron chi connectivity index (χ0n) is 14.4. The van der Waals surface area contributed by atoms with E-state index in [1.54, 1.807) is 13.2 Å². The number of rotatable bonds is 5. The summed E-state index contributed by atoms with van der Waals surface area (Å²) in [6.45, 7) is 3.84. The SMILES string of the molecule is C=CC(CCl)OC1c2c(OC)cccc2Oc2ccc3ccccc3c21. The van der Waals surface area contributed by atoms with Gasteiger partial charge in [-0.2, -0.15) is 0 Å². The van der Waals surface area contributed by atoms with Crippen molar-refractivity contribution in [2.24, 2.45) is 0 Å². The molecule has 0 fully saturated rings. The van der Waals surface area contributed by atoms with E-state index < -0.39 is 0 Å². The molecule has 1 heterocycles. The van der Waals surface area contributed by atoms with E-state index in [1.165, 1.54) is 0 Å². The van der Waals surface area contributed by atoms with Crippen molar-refractivity contribution in [3.8, 4) is 17.2 Å². The molecule has 4 rings (SSSR count). The van der Waals surface area contributed by atoms with Crippen molar-refractivity contribution in [3.63, 3.8) is 0 Å². The maximum Gasteiger partial charge on any atom is 0.137 e. The van der Waals surface area contributed by atoms with Crippen LogP contribution in [0.3, 0.4) is 0 Å². The average molecular weight is 367 g/mol. The minimum absolute atomic E-state index is 0.288. The summed E-state index contributed by atoms with van der Waals surface area (Å²) in [6.07, 6.45) is 1.07. The molecular formula is C22H19ClO3. The van der Waals surface area contributed by atoms with E-state index in [-0.39, 0.29) is 12.2 Å². The lowest BCUT2D eigenvalue weighted by atomic mass is 9.91. The molecule has 26 heavy (non-hydrogen) atoms. The maximum atomic E-state index is 6.38. The number of alkyl halides is 1. The summed E-state index contributed by atoms with van der Waals surface area (Å²) in [5, 5.41) is 2.21. The molecule has 3 nitrogen and oxygen atoms in total. The van der Waals surface area contributed by atoms with E-state index in [9.17, 15) is 0 Å². The van der Waals surface area contributed by atoms with Gasteiger partial charge < -0.3 is 14.2 Å². The quantitative estimate of drug-likeness (QED) is 0.418. The van der Waals surface area contributed by atoms with Gasteiger partial charge in [0, 0.05) is 5.56 Å². The van der Waals surface area contributed by atoms with Crippen molar-refractivity contribution >= 4 is 22.4 Å². The van der Waals surface area contributed by atoms with Crippen LogP contribution in [-0.4, -0.2) is 19.1 Å². The maximum absolute atomic E-state index is 6.38. The highest BCUT2D eigenvalue weighted by atomic mass is 35.5. The fourth-order valence-corrected chi connectivity index (χ4v) is 3.61. The fraction of sp³-hybridized carbons (Fsp3) is 0.182. The first kappa shape index (κ1) is 17.0. The smallest absolute Gasteiger partial charge is 0.137 e. The summed E-state index contributed by atoms with van der Waals surface area (Å²) in [4.78, 5) is 0. The van der Waals surface area contributed by atoms with E-state index in [0.29, 0.717) is 5.88 Å². The standard InChI is InChI=1S/C22H19ClO3/c1-3-15(13-23)25-22-20-16-8-5-4-7-14(16)11-12-19(20)26-18-10-6-9-17(24-2)21(18)22/h3-12,15,22H,1,13H2,2H3. The Hall–Kier alpha value is -2.49. The molecule has 4 heteroatoms. The van der Waals surface area contributed by atoms with Gasteiger partial charge in [0.2, 0.25) is 0 Å². The number of halogens is 1. The third-order valence-corrected chi connectivity index (χ3v) is 4.95. The highest BCUT2D eigenvalue weighted by molar-refractivity contribution is 6.18. The lowest BCUT2D eigenvalue weighted by Crippen LogP contribution is -2.21. The molecule has 0 saturated heterocycles. The zero-order valence-corrected chi connectivity index (χ0v) is 15.2. The Bertz CT molecular complexity index is 967. The predicted octanol–water partition coefficient (Wildman–Crippen LogP) is 5.85. The molecular weight excluding hydrogens is 348 g/mol. The third-order valence-electron chi connectivity index (χ3n) is 4.65. The van der Waals surface area contributed by atoms with Crippen molar-refractivity contribution < 1.29 is 14.2 Å². The molecule has 0 aromatic heterocycles. The molecule has 2 unspecified atom stereocenters. The van der Waals surface area contributed by atoms with Gasteiger partial charge >= 0.3 is 0 Å². The van der Waals surface area contributed by atoms with Crippen LogP contribution in [0.15, 0.2) is 67.3 Å². The first-order valence-corrected chi connectivity index (χ1v) is 9.00. The number of hydrogen-bond donors (Lipinski definition) is 0. The normalized spacial score (nSPS) is 16.3. The van der Waals surface area contributed by atoms with Crippen LogP contribution >= 0.6 is 11.6 Å². The molecule has 0 bridgehead atoms. The summed E-state index contributed by atoms with van der Waals surface area (Å²) in [5.41, 5.74) is 1.85. The predicted molar refractivity (Wildman–Crippen MR) is 105 cm³/mol. The fourth-order valence-electron chi connectivity index (χ4n) is 3.41. The van der Waals surface area contributed by atoms with E-state index >= 15 is 0 Å². The van der Waals surface area contributed by atoms with Crippen molar-refractivity contribution in [3.05, 3.63) is 78.4 Å². The number of methoxy groups -OCH3 is 1. The second kappa shape index (κ2) is 7.02. The molecule has 0 N–H and O–H groups in total. The summed E-state index contributed by atoms with van der Waals surface area (Å²) in [6, 6.07) is 18.0. The van der Waals surface area contributed by atoms with Crippen LogP contribution in [0.25, 0.3) is 10.8 Å². The van der Waals surface area contributed by atoms with Gasteiger partial charge in [0.05, 0.1) is 24.7 Å². The van der Waals surface area contributed by atoms with Crippen molar-refractivity contribution in [2.45, 2.75) is 12.2 Å². The topological polar surface area (TPSA) is 27.7 Å². The average Bonchev–Trinajstić information content (AvgIpc) is 2.70. The van der Waals surface area contributed by atoms with Gasteiger partial charge in [-0.15, -0.1) is 18.2 Å². The summed E-state index contributed by atoms with van der Waals surface area (Å²) in [5.74, 6) is 2.57. The van der Waals surface area contributed by atoms with Crippen LogP contribution in [0.1, 0.15) is 17.2 Å². The Labute approximate surface area is 157 Å². The van der Waals surface area contributed by atoms with Gasteiger partial charge in [-0.25, -0.2) is 0 Å². The first-order valence-electron chi connectivity index (χ1n) is 8.47. The lowest BCUT2D eigenvalue weighted by molar-refractivity contribution is 0.0425. The Morgan fingerprint density at radius 1 is 1.08 bits per heavy atom. The van der Waals surface area contributed by atoms with Gasteiger partial charge in [-0.3, -0.25) is 0 Å². The second-order valence-corrected chi connectivity index (χ2v) is 6.43. The molecule has 2 atom stereocenters. The van der Waals surface area contributed by atoms with E-state index in [0.717, 1.165) is 39.1 Å². The molecule has 0 saturated carbocycles. The molecule has 0 spiro atoms. The van der Waals surface area contributed by atoms with Gasteiger partial charge in [0.15, 0.2) is 0 Å². The molecule has 3 aromatic carbocycles. The van der Waals surface area contributed by atoms with E-state index in [4.69, 9.17) is 25.8 Å². The Balaban J connectivity index is 1.98. The summed E-state index contributed by atoms with van der Waals surface area (Å²) >= 11 is 6.07. The molecule has 3 aromatic rings. The molecule has 0 radical (unpaired) electrons. The molecule has 132 valence electrons. The van der Waals surface area contributed by atoms with Crippen molar-refractivity contribution in [1.29, 1.82) is 0 Å². The van der Waals surface area contributed by atoms with Crippen molar-refractivity contribution in [2.75, 3.05) is 13.0 Å². The molecule has 1 aliphatic rings. The Morgan fingerprint density at radius 2 is 1.88 bits per heavy atom. The van der Waals surface area contributed by atoms with Gasteiger partial charge in [-0.1, -0.05) is 42.5 Å². The number of hydrogen-bond acceptors (Lipinski definition) is 3. The number of fused-ring (bicyclic) bond motifs is 4. The Morgan fingerprint density at radius 3 is 2.65 bits per heavy atom. The number of ether oxygens (including phenoxy) is 3. The lowest BCUT2D eigenvalue weighted by Gasteiger charge is -2.32. The minimum Gasteiger partial charge on any atom is -0.496 e. The van der Waals surface area contributed by atoms with Gasteiger partial charge in [0.25, 0.3) is 0 Å². The highest BCUT2D eigenvalue weighted by Crippen LogP contribution is 2.51. The van der Waals surface area contributed by atoms with Crippen LogP contribution in [0.5, 0.6) is 17.2 Å². The van der Waals surface area contributed by atoms with Crippen molar-refractivity contribution in [1.82, 2.24) is 0 Å². The third kappa shape index (κ3) is 2.74. The van der Waals surface area contributed by atoms with Crippen LogP contribution in [-0.2, 0) is 4.74 Å². The summed E-state index contributed by atoms with van der Waals surface area (Å²) in [7, 11) is 1.65. The zero-order chi connectivity index (χ0) is 18.1. The van der Waals surface area contributed by atoms with Gasteiger partial charge in [-0.05, 0) is 29.0 Å². The van der Waals surface area contributed by atoms with Crippen LogP contribution < -0.4 is 9.47 Å². The van der Waals surface area contributed by atoms with E-state index in [1.807, 2.05) is 36.4 Å². The molecule has 0 amide bonds. The second-order valence-electron chi connectivity index (χ2n) is 6.12. The minimum atomic E-state index is -0.363. The van der Waals surface area contributed by atoms with E-state index in [2.05, 4.69) is 24.8 Å². The van der Waals surface area contributed by atoms with Gasteiger partial charge in [0.1, 0.15) is 23.4 Å². The largest absolute Gasteiger partial charge is 0.496 e. The highest BCUT2D eigenvalue weighted by Gasteiger charge is 2.33. The van der Waals surface area contributed by atoms with Crippen LogP contribution in [0, 0.1) is 0 Å². The van der Waals surface area contributed by atoms with Crippen LogP contribution in [0.4, 0.5) is 0 Å². The monoisotopic (exact) mass is 366 g/mol. The molecule has 1 aliphatic heterocycles. The van der Waals surface area contributed by atoms with Crippen LogP contribution in [0.2, 0.25) is 0 Å². The Kier molecular flexibility index (Phi) is 4.58. The number of benzene rings is 3. The molecule has 0 aliphatic carbocycles. The summed E-state index contributed by atoms with van der Waals surface area (Å²) < 4.78 is 18.2. The first-order chi connectivity index (χ1) is 12.8.